The lowest BCUT2D eigenvalue weighted by molar-refractivity contribution is -0.159. The number of carbonyl (C=O) groups is 2. The number of aromatic amines is 1. The lowest BCUT2D eigenvalue weighted by atomic mass is 10.1. The zero-order chi connectivity index (χ0) is 15.1. The highest BCUT2D eigenvalue weighted by atomic mass is 16.4. The monoisotopic (exact) mass is 280 g/mol. The Morgan fingerprint density at radius 1 is 1.20 bits per heavy atom. The number of rotatable bonds is 3. The number of benzene rings is 1. The fraction of sp³-hybridized carbons (Fsp3) is 0.231. The van der Waals surface area contributed by atoms with E-state index in [2.05, 4.69) is 11.1 Å². The highest BCUT2D eigenvalue weighted by Crippen LogP contribution is 2.18. The van der Waals surface area contributed by atoms with Crippen LogP contribution in [0.25, 0.3) is 10.9 Å². The van der Waals surface area contributed by atoms with Gasteiger partial charge in [-0.05, 0) is 18.1 Å². The van der Waals surface area contributed by atoms with E-state index in [1.54, 1.807) is 0 Å². The van der Waals surface area contributed by atoms with Crippen LogP contribution in [-0.2, 0) is 16.0 Å². The molecule has 0 fully saturated rings. The van der Waals surface area contributed by atoms with E-state index in [0.29, 0.717) is 6.42 Å². The summed E-state index contributed by atoms with van der Waals surface area (Å²) < 4.78 is 0. The molecule has 0 aliphatic carbocycles. The lowest BCUT2D eigenvalue weighted by Gasteiger charge is -2.05. The minimum atomic E-state index is -1.82. The summed E-state index contributed by atoms with van der Waals surface area (Å²) in [5.74, 6) is -3.65. The Morgan fingerprint density at radius 2 is 1.80 bits per heavy atom. The molecule has 0 radical (unpaired) electrons. The first-order valence-corrected chi connectivity index (χ1v) is 5.83. The van der Waals surface area contributed by atoms with Crippen molar-refractivity contribution in [2.45, 2.75) is 12.5 Å². The van der Waals surface area contributed by atoms with Gasteiger partial charge < -0.3 is 26.0 Å². The van der Waals surface area contributed by atoms with E-state index in [9.17, 15) is 0 Å². The summed E-state index contributed by atoms with van der Waals surface area (Å²) in [4.78, 5) is 21.4. The standard InChI is InChI=1S/C11H14N2O.C2H2O4/c12-9(7-14)5-8-6-13-11-4-2-1-3-10(8)11;3-1(4)2(5)6/h1-4,6,9,13-14H,5,7,12H2;(H,3,4)(H,5,6)/t9-;/m0./s1. The maximum absolute atomic E-state index is 9.10. The van der Waals surface area contributed by atoms with E-state index in [1.807, 2.05) is 24.4 Å². The number of aliphatic carboxylic acids is 2. The summed E-state index contributed by atoms with van der Waals surface area (Å²) in [7, 11) is 0. The van der Waals surface area contributed by atoms with Crippen LogP contribution in [0, 0.1) is 0 Å². The first kappa shape index (κ1) is 15.7. The zero-order valence-electron chi connectivity index (χ0n) is 10.6. The normalized spacial score (nSPS) is 11.5. The largest absolute Gasteiger partial charge is 0.473 e. The number of aliphatic hydroxyl groups excluding tert-OH is 1. The lowest BCUT2D eigenvalue weighted by Crippen LogP contribution is -2.26. The molecule has 2 rings (SSSR count). The number of hydrogen-bond acceptors (Lipinski definition) is 4. The highest BCUT2D eigenvalue weighted by molar-refractivity contribution is 6.27. The van der Waals surface area contributed by atoms with Crippen LogP contribution >= 0.6 is 0 Å². The van der Waals surface area contributed by atoms with E-state index in [4.69, 9.17) is 30.6 Å². The average molecular weight is 280 g/mol. The molecule has 0 bridgehead atoms. The molecule has 0 spiro atoms. The Labute approximate surface area is 114 Å². The van der Waals surface area contributed by atoms with Gasteiger partial charge in [-0.15, -0.1) is 0 Å². The number of nitrogens with one attached hydrogen (secondary N) is 1. The fourth-order valence-electron chi connectivity index (χ4n) is 1.65. The summed E-state index contributed by atoms with van der Waals surface area (Å²) in [6.45, 7) is 0.0273. The van der Waals surface area contributed by atoms with Crippen LogP contribution < -0.4 is 5.73 Å². The Bertz CT molecular complexity index is 581. The van der Waals surface area contributed by atoms with Gasteiger partial charge in [0.2, 0.25) is 0 Å². The van der Waals surface area contributed by atoms with Crippen molar-refractivity contribution >= 4 is 22.8 Å². The Morgan fingerprint density at radius 3 is 2.35 bits per heavy atom. The van der Waals surface area contributed by atoms with Gasteiger partial charge in [0.1, 0.15) is 0 Å². The molecule has 0 saturated heterocycles. The molecule has 7 heteroatoms. The number of nitrogens with two attached hydrogens (primary N) is 1. The van der Waals surface area contributed by atoms with Crippen molar-refractivity contribution in [2.75, 3.05) is 6.61 Å². The second-order valence-corrected chi connectivity index (χ2v) is 4.12. The SMILES string of the molecule is N[C@H](CO)Cc1c[nH]c2ccccc12.O=C(O)C(=O)O. The first-order chi connectivity index (χ1) is 9.45. The third-order valence-corrected chi connectivity index (χ3v) is 2.57. The van der Waals surface area contributed by atoms with E-state index >= 15 is 0 Å². The maximum atomic E-state index is 9.10. The van der Waals surface area contributed by atoms with Gasteiger partial charge in [-0.1, -0.05) is 18.2 Å². The van der Waals surface area contributed by atoms with Crippen LogP contribution in [0.2, 0.25) is 0 Å². The van der Waals surface area contributed by atoms with Gasteiger partial charge in [-0.3, -0.25) is 0 Å². The van der Waals surface area contributed by atoms with Crippen LogP contribution in [0.4, 0.5) is 0 Å². The summed E-state index contributed by atoms with van der Waals surface area (Å²) in [5, 5.41) is 24.8. The second-order valence-electron chi connectivity index (χ2n) is 4.12. The number of H-pyrrole nitrogens is 1. The van der Waals surface area contributed by atoms with Gasteiger partial charge in [0.25, 0.3) is 0 Å². The minimum absolute atomic E-state index is 0.0273. The molecule has 108 valence electrons. The average Bonchev–Trinajstić information content (AvgIpc) is 2.82. The molecule has 1 aromatic carbocycles. The fourth-order valence-corrected chi connectivity index (χ4v) is 1.65. The van der Waals surface area contributed by atoms with Crippen molar-refractivity contribution in [3.63, 3.8) is 0 Å². The van der Waals surface area contributed by atoms with Gasteiger partial charge in [0, 0.05) is 23.1 Å². The molecule has 0 saturated carbocycles. The molecular weight excluding hydrogens is 264 g/mol. The minimum Gasteiger partial charge on any atom is -0.473 e. The van der Waals surface area contributed by atoms with Crippen LogP contribution in [0.15, 0.2) is 30.5 Å². The van der Waals surface area contributed by atoms with Crippen molar-refractivity contribution < 1.29 is 24.9 Å². The molecule has 0 aliphatic rings. The molecule has 0 unspecified atom stereocenters. The smallest absolute Gasteiger partial charge is 0.414 e. The summed E-state index contributed by atoms with van der Waals surface area (Å²) in [6, 6.07) is 7.92. The molecule has 2 aromatic rings. The number of hydrogen-bond donors (Lipinski definition) is 5. The van der Waals surface area contributed by atoms with E-state index in [0.717, 1.165) is 5.52 Å². The molecule has 1 heterocycles. The van der Waals surface area contributed by atoms with E-state index in [-0.39, 0.29) is 12.6 Å². The van der Waals surface area contributed by atoms with Gasteiger partial charge in [-0.2, -0.15) is 0 Å². The number of para-hydroxylation sites is 1. The zero-order valence-corrected chi connectivity index (χ0v) is 10.6. The Balaban J connectivity index is 0.000000286. The predicted molar refractivity (Wildman–Crippen MR) is 72.3 cm³/mol. The van der Waals surface area contributed by atoms with Crippen molar-refractivity contribution in [1.82, 2.24) is 4.98 Å². The van der Waals surface area contributed by atoms with Gasteiger partial charge in [0.05, 0.1) is 6.61 Å². The van der Waals surface area contributed by atoms with Crippen molar-refractivity contribution in [3.05, 3.63) is 36.0 Å². The van der Waals surface area contributed by atoms with Crippen molar-refractivity contribution in [2.24, 2.45) is 5.73 Å². The summed E-state index contributed by atoms with van der Waals surface area (Å²) in [6.07, 6.45) is 2.67. The maximum Gasteiger partial charge on any atom is 0.414 e. The second kappa shape index (κ2) is 7.27. The molecule has 0 amide bonds. The molecule has 7 nitrogen and oxygen atoms in total. The van der Waals surface area contributed by atoms with Crippen LogP contribution in [-0.4, -0.2) is 44.9 Å². The molecule has 1 aromatic heterocycles. The van der Waals surface area contributed by atoms with Gasteiger partial charge in [-0.25, -0.2) is 9.59 Å². The number of carboxylic acid groups (broad SMARTS) is 2. The van der Waals surface area contributed by atoms with Crippen molar-refractivity contribution in [3.8, 4) is 0 Å². The third-order valence-electron chi connectivity index (χ3n) is 2.57. The quantitative estimate of drug-likeness (QED) is 0.509. The van der Waals surface area contributed by atoms with Crippen LogP contribution in [0.5, 0.6) is 0 Å². The number of fused-ring (bicyclic) bond motifs is 1. The van der Waals surface area contributed by atoms with Crippen LogP contribution in [0.3, 0.4) is 0 Å². The Hall–Kier alpha value is -2.38. The molecule has 20 heavy (non-hydrogen) atoms. The molecule has 6 N–H and O–H groups in total. The van der Waals surface area contributed by atoms with E-state index < -0.39 is 11.9 Å². The molecule has 1 atom stereocenters. The first-order valence-electron chi connectivity index (χ1n) is 5.83. The topological polar surface area (TPSA) is 137 Å². The molecule has 0 aliphatic heterocycles. The van der Waals surface area contributed by atoms with Crippen molar-refractivity contribution in [1.29, 1.82) is 0 Å². The summed E-state index contributed by atoms with van der Waals surface area (Å²) in [5.41, 5.74) is 7.98. The summed E-state index contributed by atoms with van der Waals surface area (Å²) >= 11 is 0. The number of carboxylic acids is 2. The Kier molecular flexibility index (Phi) is 5.70. The van der Waals surface area contributed by atoms with E-state index in [1.165, 1.54) is 10.9 Å². The third kappa shape index (κ3) is 4.38. The van der Waals surface area contributed by atoms with Gasteiger partial charge >= 0.3 is 11.9 Å². The predicted octanol–water partition coefficient (Wildman–Crippen LogP) is 0.186. The molecular formula is C13H16N2O5. The van der Waals surface area contributed by atoms with Gasteiger partial charge in [0.15, 0.2) is 0 Å². The highest BCUT2D eigenvalue weighted by Gasteiger charge is 2.07. The number of aromatic nitrogens is 1. The van der Waals surface area contributed by atoms with Crippen LogP contribution in [0.1, 0.15) is 5.56 Å². The number of aliphatic hydroxyl groups is 1.